The molecule has 1 amide bonds. The third-order valence-corrected chi connectivity index (χ3v) is 6.12. The Bertz CT molecular complexity index is 972. The summed E-state index contributed by atoms with van der Waals surface area (Å²) in [6.07, 6.45) is 2.50. The topological polar surface area (TPSA) is 70.4 Å². The number of piperidine rings is 1. The Morgan fingerprint density at radius 2 is 1.80 bits per heavy atom. The van der Waals surface area contributed by atoms with Gasteiger partial charge < -0.3 is 9.64 Å². The molecule has 2 aliphatic heterocycles. The number of nitriles is 1. The summed E-state index contributed by atoms with van der Waals surface area (Å²) in [6.45, 7) is 0.231. The van der Waals surface area contributed by atoms with Gasteiger partial charge in [0.05, 0.1) is 12.5 Å². The van der Waals surface area contributed by atoms with E-state index in [2.05, 4.69) is 0 Å². The fourth-order valence-electron chi connectivity index (χ4n) is 4.67. The number of Topliss-reactive ketones (excluding diaryl/α,β-unsaturated/α-hetero) is 1. The molecule has 30 heavy (non-hydrogen) atoms. The van der Waals surface area contributed by atoms with Crippen LogP contribution >= 0.6 is 0 Å². The SMILES string of the molecule is N#CCc1cc(C(=O)C2CC3CCC(C2)N3C(=O)OCc2ccccc2)ccc1F. The summed E-state index contributed by atoms with van der Waals surface area (Å²) in [5.74, 6) is -0.714. The molecule has 2 atom stereocenters. The van der Waals surface area contributed by atoms with Crippen LogP contribution in [0.1, 0.15) is 47.2 Å². The van der Waals surface area contributed by atoms with Crippen molar-refractivity contribution in [2.45, 2.75) is 50.8 Å². The fraction of sp³-hybridized carbons (Fsp3) is 0.375. The number of rotatable bonds is 5. The van der Waals surface area contributed by atoms with Crippen molar-refractivity contribution >= 4 is 11.9 Å². The van der Waals surface area contributed by atoms with Gasteiger partial charge >= 0.3 is 6.09 Å². The summed E-state index contributed by atoms with van der Waals surface area (Å²) in [5, 5.41) is 8.85. The van der Waals surface area contributed by atoms with Crippen molar-refractivity contribution in [1.82, 2.24) is 4.90 Å². The van der Waals surface area contributed by atoms with Crippen LogP contribution in [0.3, 0.4) is 0 Å². The molecule has 0 saturated carbocycles. The lowest BCUT2D eigenvalue weighted by Gasteiger charge is -2.37. The molecule has 2 bridgehead atoms. The highest BCUT2D eigenvalue weighted by Crippen LogP contribution is 2.40. The van der Waals surface area contributed by atoms with Gasteiger partial charge in [-0.3, -0.25) is 4.79 Å². The Labute approximate surface area is 175 Å². The van der Waals surface area contributed by atoms with Crippen molar-refractivity contribution in [3.63, 3.8) is 0 Å². The molecule has 2 heterocycles. The van der Waals surface area contributed by atoms with Crippen molar-refractivity contribution in [3.8, 4) is 6.07 Å². The number of fused-ring (bicyclic) bond motifs is 2. The second kappa shape index (κ2) is 8.66. The molecule has 0 N–H and O–H groups in total. The second-order valence-corrected chi connectivity index (χ2v) is 8.01. The number of carbonyl (C=O) groups excluding carboxylic acids is 2. The maximum atomic E-state index is 13.8. The summed E-state index contributed by atoms with van der Waals surface area (Å²) < 4.78 is 19.3. The number of carbonyl (C=O) groups is 2. The number of ether oxygens (including phenoxy) is 1. The third kappa shape index (κ3) is 4.06. The number of ketones is 1. The quantitative estimate of drug-likeness (QED) is 0.678. The van der Waals surface area contributed by atoms with Crippen molar-refractivity contribution in [2.75, 3.05) is 0 Å². The number of hydrogen-bond acceptors (Lipinski definition) is 4. The molecule has 0 radical (unpaired) electrons. The van der Waals surface area contributed by atoms with Gasteiger partial charge in [-0.2, -0.15) is 5.26 Å². The van der Waals surface area contributed by atoms with E-state index in [1.165, 1.54) is 18.2 Å². The predicted octanol–water partition coefficient (Wildman–Crippen LogP) is 4.65. The van der Waals surface area contributed by atoms with Crippen LogP contribution in [0, 0.1) is 23.1 Å². The van der Waals surface area contributed by atoms with Crippen molar-refractivity contribution in [3.05, 3.63) is 71.0 Å². The lowest BCUT2D eigenvalue weighted by atomic mass is 9.84. The largest absolute Gasteiger partial charge is 0.445 e. The molecule has 4 rings (SSSR count). The zero-order valence-corrected chi connectivity index (χ0v) is 16.6. The van der Waals surface area contributed by atoms with E-state index in [0.29, 0.717) is 18.4 Å². The van der Waals surface area contributed by atoms with Gasteiger partial charge in [-0.1, -0.05) is 30.3 Å². The first-order valence-corrected chi connectivity index (χ1v) is 10.3. The number of nitrogens with zero attached hydrogens (tertiary/aromatic N) is 2. The van der Waals surface area contributed by atoms with Crippen LogP contribution in [0.4, 0.5) is 9.18 Å². The summed E-state index contributed by atoms with van der Waals surface area (Å²) >= 11 is 0. The Balaban J connectivity index is 1.41. The molecule has 5 nitrogen and oxygen atoms in total. The van der Waals surface area contributed by atoms with Crippen LogP contribution in [0.25, 0.3) is 0 Å². The van der Waals surface area contributed by atoms with Gasteiger partial charge in [0.25, 0.3) is 0 Å². The van der Waals surface area contributed by atoms with Crippen LogP contribution in [0.15, 0.2) is 48.5 Å². The van der Waals surface area contributed by atoms with Crippen molar-refractivity contribution in [2.24, 2.45) is 5.92 Å². The lowest BCUT2D eigenvalue weighted by Crippen LogP contribution is -2.48. The van der Waals surface area contributed by atoms with Crippen LogP contribution in [0.2, 0.25) is 0 Å². The minimum atomic E-state index is -0.468. The van der Waals surface area contributed by atoms with Gasteiger partial charge in [0.15, 0.2) is 5.78 Å². The van der Waals surface area contributed by atoms with E-state index in [1.54, 1.807) is 4.90 Å². The van der Waals surface area contributed by atoms with Crippen molar-refractivity contribution in [1.29, 1.82) is 5.26 Å². The minimum Gasteiger partial charge on any atom is -0.445 e. The fourth-order valence-corrected chi connectivity index (χ4v) is 4.67. The molecule has 2 unspecified atom stereocenters. The van der Waals surface area contributed by atoms with Gasteiger partial charge in [0.1, 0.15) is 12.4 Å². The molecule has 2 fully saturated rings. The van der Waals surface area contributed by atoms with Gasteiger partial charge in [0.2, 0.25) is 0 Å². The molecular formula is C24H23FN2O3. The normalized spacial score (nSPS) is 22.4. The minimum absolute atomic E-state index is 0.0139. The van der Waals surface area contributed by atoms with Crippen molar-refractivity contribution < 1.29 is 18.7 Å². The van der Waals surface area contributed by atoms with E-state index in [1.807, 2.05) is 36.4 Å². The molecule has 2 aromatic rings. The smallest absolute Gasteiger partial charge is 0.410 e. The van der Waals surface area contributed by atoms with E-state index in [0.717, 1.165) is 18.4 Å². The summed E-state index contributed by atoms with van der Waals surface area (Å²) in [4.78, 5) is 27.5. The van der Waals surface area contributed by atoms with Gasteiger partial charge in [0, 0.05) is 29.1 Å². The highest BCUT2D eigenvalue weighted by molar-refractivity contribution is 5.98. The first-order chi connectivity index (χ1) is 14.6. The zero-order valence-electron chi connectivity index (χ0n) is 16.6. The Hall–Kier alpha value is -3.20. The number of hydrogen-bond donors (Lipinski definition) is 0. The molecule has 0 aliphatic carbocycles. The van der Waals surface area contributed by atoms with Gasteiger partial charge in [-0.25, -0.2) is 9.18 Å². The molecule has 2 aliphatic rings. The van der Waals surface area contributed by atoms with E-state index in [4.69, 9.17) is 10.00 Å². The number of amides is 1. The maximum absolute atomic E-state index is 13.8. The van der Waals surface area contributed by atoms with E-state index in [-0.39, 0.29) is 48.5 Å². The molecule has 0 aromatic heterocycles. The number of benzene rings is 2. The summed E-state index contributed by atoms with van der Waals surface area (Å²) in [5.41, 5.74) is 1.62. The monoisotopic (exact) mass is 406 g/mol. The molecule has 2 saturated heterocycles. The van der Waals surface area contributed by atoms with Crippen LogP contribution in [-0.4, -0.2) is 28.9 Å². The molecule has 0 spiro atoms. The third-order valence-electron chi connectivity index (χ3n) is 6.12. The molecule has 2 aromatic carbocycles. The summed E-state index contributed by atoms with van der Waals surface area (Å²) in [7, 11) is 0. The first-order valence-electron chi connectivity index (χ1n) is 10.3. The molecule has 6 heteroatoms. The Morgan fingerprint density at radius 3 is 2.47 bits per heavy atom. The van der Waals surface area contributed by atoms with Gasteiger partial charge in [-0.05, 0) is 49.4 Å². The molecule has 154 valence electrons. The summed E-state index contributed by atoms with van der Waals surface area (Å²) in [6, 6.07) is 15.7. The Morgan fingerprint density at radius 1 is 1.10 bits per heavy atom. The lowest BCUT2D eigenvalue weighted by molar-refractivity contribution is 0.0485. The average Bonchev–Trinajstić information content (AvgIpc) is 3.03. The second-order valence-electron chi connectivity index (χ2n) is 8.01. The highest BCUT2D eigenvalue weighted by atomic mass is 19.1. The van der Waals surface area contributed by atoms with E-state index < -0.39 is 5.82 Å². The van der Waals surface area contributed by atoms with Crippen LogP contribution in [0.5, 0.6) is 0 Å². The molecular weight excluding hydrogens is 383 g/mol. The van der Waals surface area contributed by atoms with E-state index in [9.17, 15) is 14.0 Å². The maximum Gasteiger partial charge on any atom is 0.410 e. The standard InChI is InChI=1S/C24H23FN2O3/c25-22-9-6-18(12-17(22)10-11-26)23(28)19-13-20-7-8-21(14-19)27(20)24(29)30-15-16-4-2-1-3-5-16/h1-6,9,12,19-21H,7-8,10,13-15H2. The van der Waals surface area contributed by atoms with Gasteiger partial charge in [-0.15, -0.1) is 0 Å². The first kappa shape index (κ1) is 20.1. The van der Waals surface area contributed by atoms with Crippen LogP contribution < -0.4 is 0 Å². The Kier molecular flexibility index (Phi) is 5.80. The zero-order chi connectivity index (χ0) is 21.1. The predicted molar refractivity (Wildman–Crippen MR) is 108 cm³/mol. The van der Waals surface area contributed by atoms with E-state index >= 15 is 0 Å². The highest BCUT2D eigenvalue weighted by Gasteiger charge is 2.46. The number of halogens is 1. The van der Waals surface area contributed by atoms with Crippen LogP contribution in [-0.2, 0) is 17.8 Å². The average molecular weight is 406 g/mol.